The van der Waals surface area contributed by atoms with Gasteiger partial charge in [0.15, 0.2) is 0 Å². The van der Waals surface area contributed by atoms with Gasteiger partial charge >= 0.3 is 0 Å². The number of anilines is 3. The average molecular weight is 328 g/mol. The summed E-state index contributed by atoms with van der Waals surface area (Å²) >= 11 is 0. The highest BCUT2D eigenvalue weighted by Crippen LogP contribution is 2.27. The first-order chi connectivity index (χ1) is 11.6. The van der Waals surface area contributed by atoms with Gasteiger partial charge in [0.05, 0.1) is 17.1 Å². The van der Waals surface area contributed by atoms with Crippen molar-refractivity contribution in [3.63, 3.8) is 0 Å². The molecule has 2 aromatic rings. The molecule has 0 radical (unpaired) electrons. The van der Waals surface area contributed by atoms with E-state index in [4.69, 9.17) is 5.73 Å². The first kappa shape index (κ1) is 16.1. The number of nitrogen functional groups attached to an aromatic ring is 1. The van der Waals surface area contributed by atoms with Crippen LogP contribution < -0.4 is 20.9 Å². The molecule has 0 saturated carbocycles. The highest BCUT2D eigenvalue weighted by molar-refractivity contribution is 5.96. The Morgan fingerprint density at radius 3 is 2.25 bits per heavy atom. The number of carbonyl (C=O) groups excluding carboxylic acids is 1. The number of halogens is 1. The summed E-state index contributed by atoms with van der Waals surface area (Å²) in [6.45, 7) is 2.94. The van der Waals surface area contributed by atoms with Crippen molar-refractivity contribution in [3.8, 4) is 0 Å². The van der Waals surface area contributed by atoms with E-state index in [2.05, 4.69) is 10.2 Å². The Kier molecular flexibility index (Phi) is 4.55. The molecule has 1 aliphatic heterocycles. The van der Waals surface area contributed by atoms with Crippen molar-refractivity contribution < 1.29 is 9.18 Å². The highest BCUT2D eigenvalue weighted by atomic mass is 19.1. The molecule has 6 heteroatoms. The lowest BCUT2D eigenvalue weighted by molar-refractivity contribution is 0.0963. The van der Waals surface area contributed by atoms with E-state index >= 15 is 0 Å². The van der Waals surface area contributed by atoms with Crippen LogP contribution in [-0.2, 0) is 0 Å². The SMILES string of the molecule is CNC(=O)c1ccc(N2CCN(c3ccccc3F)CC2)c(N)c1. The second-order valence-corrected chi connectivity index (χ2v) is 5.78. The Bertz CT molecular complexity index is 742. The number of benzene rings is 2. The van der Waals surface area contributed by atoms with E-state index in [1.54, 1.807) is 31.3 Å². The van der Waals surface area contributed by atoms with Crippen molar-refractivity contribution in [1.82, 2.24) is 5.32 Å². The number of amides is 1. The molecule has 1 heterocycles. The minimum Gasteiger partial charge on any atom is -0.397 e. The van der Waals surface area contributed by atoms with Crippen LogP contribution in [-0.4, -0.2) is 39.1 Å². The third-order valence-electron chi connectivity index (χ3n) is 4.33. The molecule has 0 unspecified atom stereocenters. The average Bonchev–Trinajstić information content (AvgIpc) is 2.61. The normalized spacial score (nSPS) is 14.6. The van der Waals surface area contributed by atoms with Gasteiger partial charge in [0.25, 0.3) is 5.91 Å². The molecule has 1 aliphatic rings. The maximum atomic E-state index is 13.9. The number of para-hydroxylation sites is 1. The zero-order valence-electron chi connectivity index (χ0n) is 13.6. The fourth-order valence-electron chi connectivity index (χ4n) is 3.02. The Labute approximate surface area is 140 Å². The summed E-state index contributed by atoms with van der Waals surface area (Å²) in [5.41, 5.74) is 8.80. The molecule has 0 aromatic heterocycles. The van der Waals surface area contributed by atoms with Gasteiger partial charge in [-0.25, -0.2) is 4.39 Å². The van der Waals surface area contributed by atoms with Crippen LogP contribution in [0.1, 0.15) is 10.4 Å². The van der Waals surface area contributed by atoms with Gasteiger partial charge in [-0.05, 0) is 30.3 Å². The molecule has 3 N–H and O–H groups in total. The Morgan fingerprint density at radius 1 is 1.04 bits per heavy atom. The lowest BCUT2D eigenvalue weighted by Crippen LogP contribution is -2.47. The molecule has 1 saturated heterocycles. The van der Waals surface area contributed by atoms with Crippen LogP contribution in [0, 0.1) is 5.82 Å². The molecule has 1 amide bonds. The molecule has 24 heavy (non-hydrogen) atoms. The molecule has 126 valence electrons. The standard InChI is InChI=1S/C18H21FN4O/c1-21-18(24)13-6-7-17(15(20)12-13)23-10-8-22(9-11-23)16-5-3-2-4-14(16)19/h2-7,12H,8-11,20H2,1H3,(H,21,24). The van der Waals surface area contributed by atoms with Crippen LogP contribution in [0.3, 0.4) is 0 Å². The molecular formula is C18H21FN4O. The van der Waals surface area contributed by atoms with Gasteiger partial charge in [-0.2, -0.15) is 0 Å². The number of hydrogen-bond donors (Lipinski definition) is 2. The van der Waals surface area contributed by atoms with Crippen molar-refractivity contribution in [2.24, 2.45) is 0 Å². The van der Waals surface area contributed by atoms with Crippen LogP contribution in [0.25, 0.3) is 0 Å². The second-order valence-electron chi connectivity index (χ2n) is 5.78. The summed E-state index contributed by atoms with van der Waals surface area (Å²) in [7, 11) is 1.59. The van der Waals surface area contributed by atoms with Gasteiger partial charge in [0.2, 0.25) is 0 Å². The van der Waals surface area contributed by atoms with Gasteiger partial charge in [-0.1, -0.05) is 12.1 Å². The molecule has 1 fully saturated rings. The molecule has 0 aliphatic carbocycles. The van der Waals surface area contributed by atoms with E-state index in [-0.39, 0.29) is 11.7 Å². The minimum absolute atomic E-state index is 0.155. The summed E-state index contributed by atoms with van der Waals surface area (Å²) in [5.74, 6) is -0.349. The summed E-state index contributed by atoms with van der Waals surface area (Å²) in [5, 5.41) is 2.59. The number of nitrogens with two attached hydrogens (primary N) is 1. The van der Waals surface area contributed by atoms with E-state index in [0.29, 0.717) is 16.9 Å². The summed E-state index contributed by atoms with van der Waals surface area (Å²) in [6.07, 6.45) is 0. The molecule has 0 spiro atoms. The van der Waals surface area contributed by atoms with Crippen LogP contribution in [0.5, 0.6) is 0 Å². The summed E-state index contributed by atoms with van der Waals surface area (Å²) in [6, 6.07) is 12.2. The van der Waals surface area contributed by atoms with Crippen molar-refractivity contribution in [2.45, 2.75) is 0 Å². The zero-order valence-corrected chi connectivity index (χ0v) is 13.6. The zero-order chi connectivity index (χ0) is 17.1. The number of nitrogens with zero attached hydrogens (tertiary/aromatic N) is 2. The maximum Gasteiger partial charge on any atom is 0.251 e. The fourth-order valence-corrected chi connectivity index (χ4v) is 3.02. The molecule has 3 rings (SSSR count). The van der Waals surface area contributed by atoms with Crippen molar-refractivity contribution >= 4 is 23.0 Å². The summed E-state index contributed by atoms with van der Waals surface area (Å²) < 4.78 is 13.9. The van der Waals surface area contributed by atoms with Crippen LogP contribution in [0.2, 0.25) is 0 Å². The predicted molar refractivity (Wildman–Crippen MR) is 95.1 cm³/mol. The monoisotopic (exact) mass is 328 g/mol. The fraction of sp³-hybridized carbons (Fsp3) is 0.278. The molecule has 5 nitrogen and oxygen atoms in total. The lowest BCUT2D eigenvalue weighted by atomic mass is 10.1. The minimum atomic E-state index is -0.194. The van der Waals surface area contributed by atoms with Gasteiger partial charge in [0, 0.05) is 38.8 Å². The topological polar surface area (TPSA) is 61.6 Å². The van der Waals surface area contributed by atoms with Crippen LogP contribution in [0.15, 0.2) is 42.5 Å². The van der Waals surface area contributed by atoms with Crippen molar-refractivity contribution in [1.29, 1.82) is 0 Å². The molecular weight excluding hydrogens is 307 g/mol. The predicted octanol–water partition coefficient (Wildman–Crippen LogP) is 2.09. The number of piperazine rings is 1. The Hall–Kier alpha value is -2.76. The van der Waals surface area contributed by atoms with Gasteiger partial charge < -0.3 is 20.9 Å². The molecule has 0 bridgehead atoms. The quantitative estimate of drug-likeness (QED) is 0.847. The largest absolute Gasteiger partial charge is 0.397 e. The van der Waals surface area contributed by atoms with Crippen molar-refractivity contribution in [2.75, 3.05) is 48.8 Å². The van der Waals surface area contributed by atoms with Gasteiger partial charge in [0.1, 0.15) is 5.82 Å². The van der Waals surface area contributed by atoms with Crippen molar-refractivity contribution in [3.05, 3.63) is 53.8 Å². The van der Waals surface area contributed by atoms with E-state index in [9.17, 15) is 9.18 Å². The first-order valence-electron chi connectivity index (χ1n) is 7.96. The maximum absolute atomic E-state index is 13.9. The van der Waals surface area contributed by atoms with Gasteiger partial charge in [-0.3, -0.25) is 4.79 Å². The lowest BCUT2D eigenvalue weighted by Gasteiger charge is -2.38. The third-order valence-corrected chi connectivity index (χ3v) is 4.33. The highest BCUT2D eigenvalue weighted by Gasteiger charge is 2.21. The molecule has 2 aromatic carbocycles. The smallest absolute Gasteiger partial charge is 0.251 e. The van der Waals surface area contributed by atoms with E-state index < -0.39 is 0 Å². The third kappa shape index (κ3) is 3.13. The van der Waals surface area contributed by atoms with Crippen LogP contribution in [0.4, 0.5) is 21.5 Å². The number of carbonyl (C=O) groups is 1. The van der Waals surface area contributed by atoms with E-state index in [0.717, 1.165) is 31.9 Å². The number of hydrogen-bond acceptors (Lipinski definition) is 4. The second kappa shape index (κ2) is 6.78. The number of rotatable bonds is 3. The first-order valence-corrected chi connectivity index (χ1v) is 7.96. The van der Waals surface area contributed by atoms with E-state index in [1.165, 1.54) is 6.07 Å². The number of nitrogens with one attached hydrogen (secondary N) is 1. The Morgan fingerprint density at radius 2 is 1.67 bits per heavy atom. The van der Waals surface area contributed by atoms with E-state index in [1.807, 2.05) is 17.0 Å². The van der Waals surface area contributed by atoms with Crippen LogP contribution >= 0.6 is 0 Å². The summed E-state index contributed by atoms with van der Waals surface area (Å²) in [4.78, 5) is 15.9. The Balaban J connectivity index is 1.71. The molecule has 0 atom stereocenters. The van der Waals surface area contributed by atoms with Gasteiger partial charge in [-0.15, -0.1) is 0 Å².